The van der Waals surface area contributed by atoms with Crippen LogP contribution in [0.1, 0.15) is 25.3 Å². The molecule has 0 bridgehead atoms. The van der Waals surface area contributed by atoms with Crippen molar-refractivity contribution in [3.63, 3.8) is 0 Å². The first kappa shape index (κ1) is 18.7. The van der Waals surface area contributed by atoms with Crippen molar-refractivity contribution in [2.45, 2.75) is 25.3 Å². The van der Waals surface area contributed by atoms with E-state index in [0.29, 0.717) is 17.9 Å². The molecule has 9 nitrogen and oxygen atoms in total. The highest BCUT2D eigenvalue weighted by atomic mass is 16.5. The topological polar surface area (TPSA) is 114 Å². The lowest BCUT2D eigenvalue weighted by atomic mass is 9.84. The number of para-hydroxylation sites is 1. The Morgan fingerprint density at radius 2 is 2.11 bits per heavy atom. The van der Waals surface area contributed by atoms with E-state index in [4.69, 9.17) is 9.47 Å². The van der Waals surface area contributed by atoms with Gasteiger partial charge in [0.2, 0.25) is 0 Å². The van der Waals surface area contributed by atoms with Crippen molar-refractivity contribution in [3.8, 4) is 5.75 Å². The highest BCUT2D eigenvalue weighted by Crippen LogP contribution is 2.40. The van der Waals surface area contributed by atoms with Gasteiger partial charge in [-0.3, -0.25) is 19.3 Å². The van der Waals surface area contributed by atoms with Gasteiger partial charge in [-0.25, -0.2) is 4.79 Å². The second kappa shape index (κ2) is 7.65. The van der Waals surface area contributed by atoms with Crippen molar-refractivity contribution in [3.05, 3.63) is 29.8 Å². The maximum Gasteiger partial charge on any atom is 0.326 e. The minimum absolute atomic E-state index is 0.263. The van der Waals surface area contributed by atoms with E-state index in [1.165, 1.54) is 0 Å². The molecule has 1 spiro atoms. The minimum Gasteiger partial charge on any atom is -0.493 e. The van der Waals surface area contributed by atoms with Crippen molar-refractivity contribution < 1.29 is 28.7 Å². The van der Waals surface area contributed by atoms with Gasteiger partial charge in [0, 0.05) is 18.5 Å². The molecule has 0 radical (unpaired) electrons. The van der Waals surface area contributed by atoms with Gasteiger partial charge in [0.25, 0.3) is 11.8 Å². The Morgan fingerprint density at radius 1 is 1.33 bits per heavy atom. The number of hydrogen-bond acceptors (Lipinski definition) is 6. The van der Waals surface area contributed by atoms with Crippen LogP contribution in [-0.2, 0) is 24.7 Å². The first-order valence-electron chi connectivity index (χ1n) is 8.76. The van der Waals surface area contributed by atoms with Crippen LogP contribution in [0.4, 0.5) is 4.79 Å². The molecular formula is C18H21N3O6. The number of ether oxygens (including phenoxy) is 2. The van der Waals surface area contributed by atoms with Crippen LogP contribution in [0.2, 0.25) is 0 Å². The van der Waals surface area contributed by atoms with Crippen molar-refractivity contribution in [2.24, 2.45) is 0 Å². The number of fused-ring (bicyclic) bond motifs is 2. The SMILES string of the molecule is CCCNC(=O)COC(=O)CN1C(=O)N[C@@]2(CCOc3ccccc32)C1=O. The lowest BCUT2D eigenvalue weighted by Gasteiger charge is -2.33. The summed E-state index contributed by atoms with van der Waals surface area (Å²) >= 11 is 0. The van der Waals surface area contributed by atoms with Gasteiger partial charge in [-0.1, -0.05) is 25.1 Å². The predicted molar refractivity (Wildman–Crippen MR) is 92.7 cm³/mol. The number of nitrogens with zero attached hydrogens (tertiary/aromatic N) is 1. The maximum atomic E-state index is 13.0. The number of esters is 1. The van der Waals surface area contributed by atoms with Crippen LogP contribution < -0.4 is 15.4 Å². The molecule has 0 saturated carbocycles. The molecular weight excluding hydrogens is 354 g/mol. The lowest BCUT2D eigenvalue weighted by molar-refractivity contribution is -0.151. The number of rotatable bonds is 6. The molecule has 2 N–H and O–H groups in total. The number of carbonyl (C=O) groups excluding carboxylic acids is 4. The molecule has 2 aliphatic rings. The molecule has 1 atom stereocenters. The van der Waals surface area contributed by atoms with E-state index in [0.717, 1.165) is 11.3 Å². The zero-order valence-corrected chi connectivity index (χ0v) is 14.9. The number of urea groups is 1. The number of carbonyl (C=O) groups is 4. The highest BCUT2D eigenvalue weighted by molar-refractivity contribution is 6.09. The second-order valence-electron chi connectivity index (χ2n) is 6.33. The maximum absolute atomic E-state index is 13.0. The summed E-state index contributed by atoms with van der Waals surface area (Å²) in [7, 11) is 0. The molecule has 2 aliphatic heterocycles. The molecule has 4 amide bonds. The van der Waals surface area contributed by atoms with Gasteiger partial charge >= 0.3 is 12.0 Å². The van der Waals surface area contributed by atoms with Gasteiger partial charge in [0.05, 0.1) is 6.61 Å². The summed E-state index contributed by atoms with van der Waals surface area (Å²) < 4.78 is 10.4. The number of amides is 4. The van der Waals surface area contributed by atoms with E-state index in [1.54, 1.807) is 24.3 Å². The minimum atomic E-state index is -1.25. The van der Waals surface area contributed by atoms with Gasteiger partial charge in [-0.15, -0.1) is 0 Å². The van der Waals surface area contributed by atoms with Crippen molar-refractivity contribution in [1.82, 2.24) is 15.5 Å². The highest BCUT2D eigenvalue weighted by Gasteiger charge is 2.55. The first-order valence-corrected chi connectivity index (χ1v) is 8.76. The summed E-state index contributed by atoms with van der Waals surface area (Å²) in [6.45, 7) is 1.63. The van der Waals surface area contributed by atoms with E-state index >= 15 is 0 Å². The summed E-state index contributed by atoms with van der Waals surface area (Å²) in [6, 6.07) is 6.29. The third kappa shape index (κ3) is 3.57. The molecule has 1 aromatic carbocycles. The normalized spacial score (nSPS) is 20.7. The van der Waals surface area contributed by atoms with Crippen LogP contribution in [0.25, 0.3) is 0 Å². The van der Waals surface area contributed by atoms with Crippen molar-refractivity contribution in [2.75, 3.05) is 26.3 Å². The monoisotopic (exact) mass is 375 g/mol. The lowest BCUT2D eigenvalue weighted by Crippen LogP contribution is -2.47. The van der Waals surface area contributed by atoms with Crippen LogP contribution in [0.3, 0.4) is 0 Å². The number of benzene rings is 1. The quantitative estimate of drug-likeness (QED) is 0.546. The smallest absolute Gasteiger partial charge is 0.326 e. The van der Waals surface area contributed by atoms with Crippen LogP contribution in [0.15, 0.2) is 24.3 Å². The van der Waals surface area contributed by atoms with Gasteiger partial charge in [-0.2, -0.15) is 0 Å². The zero-order chi connectivity index (χ0) is 19.4. The summed E-state index contributed by atoms with van der Waals surface area (Å²) in [4.78, 5) is 49.6. The summed E-state index contributed by atoms with van der Waals surface area (Å²) in [6.07, 6.45) is 1.02. The third-order valence-electron chi connectivity index (χ3n) is 4.48. The molecule has 0 unspecified atom stereocenters. The second-order valence-corrected chi connectivity index (χ2v) is 6.33. The summed E-state index contributed by atoms with van der Waals surface area (Å²) in [5, 5.41) is 5.26. The van der Waals surface area contributed by atoms with E-state index in [1.807, 2.05) is 6.92 Å². The third-order valence-corrected chi connectivity index (χ3v) is 4.48. The molecule has 1 aromatic rings. The Bertz CT molecular complexity index is 780. The van der Waals surface area contributed by atoms with E-state index in [9.17, 15) is 19.2 Å². The molecule has 1 fully saturated rings. The Labute approximate surface area is 156 Å². The number of hydrogen-bond donors (Lipinski definition) is 2. The number of imide groups is 1. The molecule has 2 heterocycles. The Balaban J connectivity index is 1.67. The molecule has 144 valence electrons. The van der Waals surface area contributed by atoms with E-state index in [2.05, 4.69) is 10.6 Å². The molecule has 9 heteroatoms. The molecule has 1 saturated heterocycles. The Hall–Kier alpha value is -3.10. The van der Waals surface area contributed by atoms with Crippen LogP contribution in [0, 0.1) is 0 Å². The van der Waals surface area contributed by atoms with Gasteiger partial charge in [-0.05, 0) is 12.5 Å². The fourth-order valence-electron chi connectivity index (χ4n) is 3.15. The predicted octanol–water partition coefficient (Wildman–Crippen LogP) is 0.286. The van der Waals surface area contributed by atoms with E-state index < -0.39 is 42.5 Å². The van der Waals surface area contributed by atoms with E-state index in [-0.39, 0.29) is 13.0 Å². The average molecular weight is 375 g/mol. The largest absolute Gasteiger partial charge is 0.493 e. The van der Waals surface area contributed by atoms with Crippen LogP contribution in [-0.4, -0.2) is 55.0 Å². The first-order chi connectivity index (χ1) is 13.0. The summed E-state index contributed by atoms with van der Waals surface area (Å²) in [5.74, 6) is -1.27. The summed E-state index contributed by atoms with van der Waals surface area (Å²) in [5.41, 5.74) is -0.686. The Morgan fingerprint density at radius 3 is 2.89 bits per heavy atom. The molecule has 27 heavy (non-hydrogen) atoms. The van der Waals surface area contributed by atoms with Gasteiger partial charge < -0.3 is 20.1 Å². The van der Waals surface area contributed by atoms with Gasteiger partial charge in [0.15, 0.2) is 12.1 Å². The molecule has 0 aliphatic carbocycles. The van der Waals surface area contributed by atoms with Gasteiger partial charge in [0.1, 0.15) is 12.3 Å². The Kier molecular flexibility index (Phi) is 5.29. The number of nitrogens with one attached hydrogen (secondary N) is 2. The molecule has 3 rings (SSSR count). The molecule has 0 aromatic heterocycles. The van der Waals surface area contributed by atoms with Crippen LogP contribution >= 0.6 is 0 Å². The van der Waals surface area contributed by atoms with Crippen molar-refractivity contribution in [1.29, 1.82) is 0 Å². The fourth-order valence-corrected chi connectivity index (χ4v) is 3.15. The fraction of sp³-hybridized carbons (Fsp3) is 0.444. The van der Waals surface area contributed by atoms with Crippen molar-refractivity contribution >= 4 is 23.8 Å². The standard InChI is InChI=1S/C18H21N3O6/c1-2-8-19-14(22)11-27-15(23)10-21-16(24)18(20-17(21)25)7-9-26-13-6-4-3-5-12(13)18/h3-6H,2,7-11H2,1H3,(H,19,22)(H,20,25)/t18-/m1/s1. The average Bonchev–Trinajstić information content (AvgIpc) is 2.90. The zero-order valence-electron chi connectivity index (χ0n) is 14.9. The van der Waals surface area contributed by atoms with Crippen LogP contribution in [0.5, 0.6) is 5.75 Å².